The van der Waals surface area contributed by atoms with Gasteiger partial charge in [-0.25, -0.2) is 8.42 Å². The maximum atomic E-state index is 13.3. The molecule has 0 spiro atoms. The van der Waals surface area contributed by atoms with E-state index in [1.807, 2.05) is 30.5 Å². The molecule has 0 radical (unpaired) electrons. The number of benzene rings is 2. The van der Waals surface area contributed by atoms with Gasteiger partial charge in [-0.1, -0.05) is 83.6 Å². The van der Waals surface area contributed by atoms with E-state index in [0.29, 0.717) is 29.6 Å². The highest BCUT2D eigenvalue weighted by molar-refractivity contribution is 8.00. The molecule has 0 aliphatic heterocycles. The molecule has 0 saturated heterocycles. The molecule has 0 fully saturated rings. The van der Waals surface area contributed by atoms with E-state index < -0.39 is 21.2 Å². The van der Waals surface area contributed by atoms with E-state index in [0.717, 1.165) is 16.8 Å². The maximum absolute atomic E-state index is 13.3. The fraction of sp³-hybridized carbons (Fsp3) is 0.444. The van der Waals surface area contributed by atoms with Crippen LogP contribution in [0.15, 0.2) is 52.5 Å². The number of nitrogens with zero attached hydrogens (tertiary/aromatic N) is 4. The van der Waals surface area contributed by atoms with Gasteiger partial charge in [0.2, 0.25) is 15.9 Å². The average molecular weight is 544 g/mol. The summed E-state index contributed by atoms with van der Waals surface area (Å²) in [5, 5.41) is 8.97. The minimum atomic E-state index is -3.67. The molecule has 1 heterocycles. The predicted octanol–water partition coefficient (Wildman–Crippen LogP) is 5.18. The van der Waals surface area contributed by atoms with Gasteiger partial charge in [0.15, 0.2) is 11.0 Å². The van der Waals surface area contributed by atoms with Crippen molar-refractivity contribution < 1.29 is 13.2 Å². The van der Waals surface area contributed by atoms with E-state index in [1.165, 1.54) is 16.1 Å². The number of thioether (sulfide) groups is 1. The number of rotatable bonds is 11. The highest BCUT2D eigenvalue weighted by Crippen LogP contribution is 2.38. The summed E-state index contributed by atoms with van der Waals surface area (Å²) in [6.07, 6.45) is 0. The van der Waals surface area contributed by atoms with Crippen molar-refractivity contribution in [3.8, 4) is 17.1 Å². The Morgan fingerprint density at radius 3 is 2.05 bits per heavy atom. The van der Waals surface area contributed by atoms with Crippen molar-refractivity contribution in [2.45, 2.75) is 75.6 Å². The van der Waals surface area contributed by atoms with E-state index >= 15 is 0 Å². The first-order chi connectivity index (χ1) is 17.4. The predicted molar refractivity (Wildman–Crippen MR) is 150 cm³/mol. The van der Waals surface area contributed by atoms with Gasteiger partial charge in [-0.3, -0.25) is 9.36 Å². The zero-order valence-corrected chi connectivity index (χ0v) is 24.2. The normalized spacial score (nSPS) is 13.0. The number of hydrogen-bond acceptors (Lipinski definition) is 6. The number of carbonyl (C=O) groups excluding carboxylic acids is 1. The topological polar surface area (TPSA) is 111 Å². The highest BCUT2D eigenvalue weighted by atomic mass is 32.2. The molecular weight excluding hydrogens is 506 g/mol. The van der Waals surface area contributed by atoms with Gasteiger partial charge in [-0.2, -0.15) is 4.31 Å². The Labute approximate surface area is 224 Å². The molecule has 10 heteroatoms. The van der Waals surface area contributed by atoms with Crippen LogP contribution >= 0.6 is 11.8 Å². The fourth-order valence-corrected chi connectivity index (χ4v) is 6.54. The minimum absolute atomic E-state index is 0.198. The van der Waals surface area contributed by atoms with Gasteiger partial charge in [-0.05, 0) is 42.0 Å². The molecule has 37 heavy (non-hydrogen) atoms. The van der Waals surface area contributed by atoms with Crippen LogP contribution in [0.5, 0.6) is 0 Å². The largest absolute Gasteiger partial charge is 0.369 e. The summed E-state index contributed by atoms with van der Waals surface area (Å²) in [5.41, 5.74) is 9.36. The van der Waals surface area contributed by atoms with Crippen molar-refractivity contribution in [3.05, 3.63) is 53.6 Å². The number of hydrogen-bond donors (Lipinski definition) is 1. The van der Waals surface area contributed by atoms with E-state index in [2.05, 4.69) is 50.0 Å². The lowest BCUT2D eigenvalue weighted by molar-refractivity contribution is -0.117. The molecule has 0 unspecified atom stereocenters. The van der Waals surface area contributed by atoms with Crippen molar-refractivity contribution in [1.82, 2.24) is 19.1 Å². The SMILES string of the molecule is CCN(CC)S(=O)(=O)c1cccc(-c2nnc(S[C@H](C)C(N)=O)n2-c2c(C(C)C)cccc2C(C)C)c1. The Morgan fingerprint density at radius 1 is 0.973 bits per heavy atom. The molecule has 0 aliphatic carbocycles. The van der Waals surface area contributed by atoms with Crippen LogP contribution in [0.4, 0.5) is 0 Å². The van der Waals surface area contributed by atoms with Gasteiger partial charge in [0.05, 0.1) is 15.8 Å². The summed E-state index contributed by atoms with van der Waals surface area (Å²) in [4.78, 5) is 12.1. The molecule has 200 valence electrons. The Morgan fingerprint density at radius 2 is 1.54 bits per heavy atom. The summed E-state index contributed by atoms with van der Waals surface area (Å²) in [7, 11) is -3.67. The number of amides is 1. The average Bonchev–Trinajstić information content (AvgIpc) is 3.27. The van der Waals surface area contributed by atoms with Crippen LogP contribution in [0, 0.1) is 0 Å². The van der Waals surface area contributed by atoms with Gasteiger partial charge in [0, 0.05) is 18.7 Å². The maximum Gasteiger partial charge on any atom is 0.243 e. The Balaban J connectivity index is 2.34. The monoisotopic (exact) mass is 543 g/mol. The van der Waals surface area contributed by atoms with Crippen molar-refractivity contribution >= 4 is 27.7 Å². The lowest BCUT2D eigenvalue weighted by atomic mass is 9.92. The smallest absolute Gasteiger partial charge is 0.243 e. The lowest BCUT2D eigenvalue weighted by Gasteiger charge is -2.23. The molecule has 0 aliphatic rings. The third kappa shape index (κ3) is 5.91. The van der Waals surface area contributed by atoms with Crippen molar-refractivity contribution in [2.24, 2.45) is 5.73 Å². The van der Waals surface area contributed by atoms with Crippen LogP contribution < -0.4 is 5.73 Å². The van der Waals surface area contributed by atoms with Crippen LogP contribution in [0.2, 0.25) is 0 Å². The molecule has 8 nitrogen and oxygen atoms in total. The van der Waals surface area contributed by atoms with E-state index in [1.54, 1.807) is 25.1 Å². The van der Waals surface area contributed by atoms with E-state index in [-0.39, 0.29) is 16.7 Å². The molecule has 1 aromatic heterocycles. The number of sulfonamides is 1. The summed E-state index contributed by atoms with van der Waals surface area (Å²) in [6, 6.07) is 13.0. The number of primary amides is 1. The van der Waals surface area contributed by atoms with E-state index in [9.17, 15) is 13.2 Å². The number of para-hydroxylation sites is 1. The van der Waals surface area contributed by atoms with Crippen LogP contribution in [0.1, 0.15) is 71.4 Å². The third-order valence-corrected chi connectivity index (χ3v) is 9.42. The van der Waals surface area contributed by atoms with Crippen LogP contribution in [-0.2, 0) is 14.8 Å². The lowest BCUT2D eigenvalue weighted by Crippen LogP contribution is -2.30. The Kier molecular flexibility index (Phi) is 9.20. The molecule has 1 amide bonds. The molecule has 2 N–H and O–H groups in total. The molecule has 0 bridgehead atoms. The van der Waals surface area contributed by atoms with Crippen LogP contribution in [-0.4, -0.2) is 51.7 Å². The molecule has 3 aromatic rings. The zero-order chi connectivity index (χ0) is 27.5. The Hall–Kier alpha value is -2.69. The number of aromatic nitrogens is 3. The first kappa shape index (κ1) is 28.9. The van der Waals surface area contributed by atoms with E-state index in [4.69, 9.17) is 5.73 Å². The van der Waals surface area contributed by atoms with Gasteiger partial charge in [0.25, 0.3) is 0 Å². The Bertz CT molecular complexity index is 1340. The fourth-order valence-electron chi connectivity index (χ4n) is 4.23. The first-order valence-corrected chi connectivity index (χ1v) is 14.9. The summed E-state index contributed by atoms with van der Waals surface area (Å²) < 4.78 is 29.9. The summed E-state index contributed by atoms with van der Waals surface area (Å²) in [6.45, 7) is 14.6. The number of carbonyl (C=O) groups is 1. The van der Waals surface area contributed by atoms with Crippen LogP contribution in [0.3, 0.4) is 0 Å². The minimum Gasteiger partial charge on any atom is -0.369 e. The highest BCUT2D eigenvalue weighted by Gasteiger charge is 2.27. The quantitative estimate of drug-likeness (QED) is 0.334. The number of nitrogens with two attached hydrogens (primary N) is 1. The van der Waals surface area contributed by atoms with Crippen molar-refractivity contribution in [3.63, 3.8) is 0 Å². The third-order valence-electron chi connectivity index (χ3n) is 6.32. The first-order valence-electron chi connectivity index (χ1n) is 12.6. The zero-order valence-electron chi connectivity index (χ0n) is 22.6. The summed E-state index contributed by atoms with van der Waals surface area (Å²) in [5.74, 6) is 0.454. The standard InChI is InChI=1S/C27H37N5O3S2/c1-8-31(9-2)37(34,35)21-13-10-12-20(16-21)26-29-30-27(36-19(7)25(28)33)32(26)24-22(17(3)4)14-11-15-23(24)18(5)6/h10-19H,8-9H2,1-7H3,(H2,28,33)/t19-/m1/s1. The molecule has 2 aromatic carbocycles. The van der Waals surface area contributed by atoms with Crippen molar-refractivity contribution in [2.75, 3.05) is 13.1 Å². The van der Waals surface area contributed by atoms with Gasteiger partial charge >= 0.3 is 0 Å². The van der Waals surface area contributed by atoms with Crippen molar-refractivity contribution in [1.29, 1.82) is 0 Å². The molecule has 3 rings (SSSR count). The second-order valence-corrected chi connectivity index (χ2v) is 12.8. The molecule has 0 saturated carbocycles. The summed E-state index contributed by atoms with van der Waals surface area (Å²) >= 11 is 1.24. The molecular formula is C27H37N5O3S2. The second kappa shape index (κ2) is 11.8. The van der Waals surface area contributed by atoms with Gasteiger partial charge < -0.3 is 5.73 Å². The second-order valence-electron chi connectivity index (χ2n) is 9.52. The van der Waals surface area contributed by atoms with Gasteiger partial charge in [0.1, 0.15) is 0 Å². The van der Waals surface area contributed by atoms with Gasteiger partial charge in [-0.15, -0.1) is 10.2 Å². The van der Waals surface area contributed by atoms with Crippen LogP contribution in [0.25, 0.3) is 17.1 Å². The molecule has 1 atom stereocenters.